The third-order valence-electron chi connectivity index (χ3n) is 2.09. The number of carbonyl (C=O) groups is 1. The number of aromatic nitrogens is 2. The van der Waals surface area contributed by atoms with Gasteiger partial charge in [-0.1, -0.05) is 5.16 Å². The minimum atomic E-state index is -1.07. The molecule has 0 unspecified atom stereocenters. The highest BCUT2D eigenvalue weighted by Crippen LogP contribution is 2.29. The Labute approximate surface area is 99.2 Å². The molecule has 0 spiro atoms. The number of nitrogens with zero attached hydrogens (tertiary/aromatic N) is 2. The lowest BCUT2D eigenvalue weighted by Crippen LogP contribution is -1.99. The molecule has 82 valence electrons. The lowest BCUT2D eigenvalue weighted by atomic mass is 10.1. The topological polar surface area (TPSA) is 76.2 Å². The summed E-state index contributed by atoms with van der Waals surface area (Å²) in [6.07, 6.45) is 1.60. The Morgan fingerprint density at radius 1 is 1.56 bits per heavy atom. The van der Waals surface area contributed by atoms with Crippen molar-refractivity contribution in [1.82, 2.24) is 10.1 Å². The monoisotopic (exact) mass is 282 g/mol. The van der Waals surface area contributed by atoms with Gasteiger partial charge in [0.2, 0.25) is 0 Å². The third kappa shape index (κ3) is 1.71. The number of hydrogen-bond acceptors (Lipinski definition) is 4. The quantitative estimate of drug-likeness (QED) is 0.857. The first-order valence-electron chi connectivity index (χ1n) is 4.41. The second-order valence-corrected chi connectivity index (χ2v) is 3.86. The average Bonchev–Trinajstić information content (AvgIpc) is 2.61. The van der Waals surface area contributed by atoms with Crippen LogP contribution in [-0.2, 0) is 0 Å². The average molecular weight is 283 g/mol. The molecule has 0 aliphatic carbocycles. The molecular formula is C10H7BrN2O3. The van der Waals surface area contributed by atoms with Gasteiger partial charge in [0, 0.05) is 11.8 Å². The zero-order valence-electron chi connectivity index (χ0n) is 8.27. The van der Waals surface area contributed by atoms with Crippen LogP contribution in [0.25, 0.3) is 11.3 Å². The van der Waals surface area contributed by atoms with Gasteiger partial charge in [0.15, 0.2) is 0 Å². The van der Waals surface area contributed by atoms with Gasteiger partial charge in [-0.05, 0) is 35.0 Å². The number of rotatable bonds is 2. The number of pyridine rings is 1. The number of carboxylic acids is 1. The van der Waals surface area contributed by atoms with Crippen LogP contribution in [0.15, 0.2) is 27.5 Å². The molecule has 0 aromatic carbocycles. The molecule has 5 nitrogen and oxygen atoms in total. The molecular weight excluding hydrogens is 276 g/mol. The Morgan fingerprint density at radius 3 is 2.94 bits per heavy atom. The fourth-order valence-electron chi connectivity index (χ4n) is 1.37. The number of carboxylic acid groups (broad SMARTS) is 1. The van der Waals surface area contributed by atoms with E-state index in [0.29, 0.717) is 10.2 Å². The third-order valence-corrected chi connectivity index (χ3v) is 2.72. The Kier molecular flexibility index (Phi) is 2.74. The molecule has 0 amide bonds. The van der Waals surface area contributed by atoms with E-state index in [1.54, 1.807) is 25.3 Å². The molecule has 0 aliphatic rings. The van der Waals surface area contributed by atoms with Gasteiger partial charge < -0.3 is 9.63 Å². The van der Waals surface area contributed by atoms with Crippen molar-refractivity contribution >= 4 is 21.9 Å². The van der Waals surface area contributed by atoms with E-state index in [9.17, 15) is 4.79 Å². The number of hydrogen-bond donors (Lipinski definition) is 1. The van der Waals surface area contributed by atoms with Crippen LogP contribution in [0, 0.1) is 6.92 Å². The number of halogens is 1. The lowest BCUT2D eigenvalue weighted by Gasteiger charge is -1.99. The standard InChI is InChI=1S/C10H7BrN2O3/c1-5-7(10(14)15)8(13-16-5)6-3-2-4-12-9(6)11/h2-4H,1H3,(H,14,15). The van der Waals surface area contributed by atoms with E-state index >= 15 is 0 Å². The van der Waals surface area contributed by atoms with E-state index in [0.717, 1.165) is 0 Å². The Balaban J connectivity index is 2.66. The molecule has 0 fully saturated rings. The molecule has 1 N–H and O–H groups in total. The van der Waals surface area contributed by atoms with E-state index in [1.165, 1.54) is 0 Å². The SMILES string of the molecule is Cc1onc(-c2cccnc2Br)c1C(=O)O. The summed E-state index contributed by atoms with van der Waals surface area (Å²) in [4.78, 5) is 15.1. The summed E-state index contributed by atoms with van der Waals surface area (Å²) in [7, 11) is 0. The van der Waals surface area contributed by atoms with E-state index in [4.69, 9.17) is 9.63 Å². The Hall–Kier alpha value is -1.69. The van der Waals surface area contributed by atoms with Crippen molar-refractivity contribution < 1.29 is 14.4 Å². The van der Waals surface area contributed by atoms with Crippen molar-refractivity contribution in [1.29, 1.82) is 0 Å². The molecule has 2 aromatic heterocycles. The molecule has 0 bridgehead atoms. The molecule has 0 saturated carbocycles. The van der Waals surface area contributed by atoms with E-state index in [-0.39, 0.29) is 17.0 Å². The first-order valence-corrected chi connectivity index (χ1v) is 5.21. The molecule has 0 saturated heterocycles. The number of aromatic carboxylic acids is 1. The highest BCUT2D eigenvalue weighted by molar-refractivity contribution is 9.10. The maximum absolute atomic E-state index is 11.1. The van der Waals surface area contributed by atoms with Crippen LogP contribution in [0.5, 0.6) is 0 Å². The largest absolute Gasteiger partial charge is 0.477 e. The minimum absolute atomic E-state index is 0.0636. The van der Waals surface area contributed by atoms with E-state index < -0.39 is 5.97 Å². The summed E-state index contributed by atoms with van der Waals surface area (Å²) < 4.78 is 5.42. The first-order chi connectivity index (χ1) is 7.61. The van der Waals surface area contributed by atoms with Crippen molar-refractivity contribution in [2.24, 2.45) is 0 Å². The summed E-state index contributed by atoms with van der Waals surface area (Å²) in [6.45, 7) is 1.56. The van der Waals surface area contributed by atoms with Gasteiger partial charge in [0.05, 0.1) is 0 Å². The summed E-state index contributed by atoms with van der Waals surface area (Å²) in [6, 6.07) is 3.43. The van der Waals surface area contributed by atoms with Gasteiger partial charge in [-0.2, -0.15) is 0 Å². The second-order valence-electron chi connectivity index (χ2n) is 3.11. The van der Waals surface area contributed by atoms with Gasteiger partial charge in [0.25, 0.3) is 0 Å². The van der Waals surface area contributed by atoms with Crippen molar-refractivity contribution in [3.8, 4) is 11.3 Å². The number of aryl methyl sites for hydroxylation is 1. The molecule has 2 heterocycles. The predicted octanol–water partition coefficient (Wildman–Crippen LogP) is 2.51. The Bertz CT molecular complexity index is 551. The lowest BCUT2D eigenvalue weighted by molar-refractivity contribution is 0.0696. The van der Waals surface area contributed by atoms with Crippen LogP contribution in [0.3, 0.4) is 0 Å². The van der Waals surface area contributed by atoms with Crippen molar-refractivity contribution in [2.75, 3.05) is 0 Å². The fourth-order valence-corrected chi connectivity index (χ4v) is 1.81. The zero-order valence-corrected chi connectivity index (χ0v) is 9.85. The van der Waals surface area contributed by atoms with Crippen LogP contribution >= 0.6 is 15.9 Å². The highest BCUT2D eigenvalue weighted by atomic mass is 79.9. The van der Waals surface area contributed by atoms with E-state index in [1.807, 2.05) is 0 Å². The fraction of sp³-hybridized carbons (Fsp3) is 0.100. The molecule has 2 aromatic rings. The van der Waals surface area contributed by atoms with Gasteiger partial charge in [-0.3, -0.25) is 0 Å². The summed E-state index contributed by atoms with van der Waals surface area (Å²) in [5.41, 5.74) is 0.940. The summed E-state index contributed by atoms with van der Waals surface area (Å²) in [5.74, 6) is -0.789. The minimum Gasteiger partial charge on any atom is -0.477 e. The normalized spacial score (nSPS) is 10.4. The van der Waals surface area contributed by atoms with Gasteiger partial charge in [0.1, 0.15) is 21.6 Å². The first kappa shape index (κ1) is 10.8. The molecule has 0 aliphatic heterocycles. The van der Waals surface area contributed by atoms with Crippen molar-refractivity contribution in [2.45, 2.75) is 6.92 Å². The van der Waals surface area contributed by atoms with Crippen molar-refractivity contribution in [3.63, 3.8) is 0 Å². The van der Waals surface area contributed by atoms with Gasteiger partial charge >= 0.3 is 5.97 Å². The molecule has 6 heteroatoms. The predicted molar refractivity (Wildman–Crippen MR) is 59.1 cm³/mol. The summed E-state index contributed by atoms with van der Waals surface area (Å²) >= 11 is 3.24. The second kappa shape index (κ2) is 4.05. The van der Waals surface area contributed by atoms with Crippen LogP contribution in [0.2, 0.25) is 0 Å². The molecule has 16 heavy (non-hydrogen) atoms. The van der Waals surface area contributed by atoms with E-state index in [2.05, 4.69) is 26.1 Å². The molecule has 0 radical (unpaired) electrons. The summed E-state index contributed by atoms with van der Waals surface area (Å²) in [5, 5.41) is 12.8. The zero-order chi connectivity index (χ0) is 11.7. The van der Waals surface area contributed by atoms with Crippen LogP contribution < -0.4 is 0 Å². The van der Waals surface area contributed by atoms with Gasteiger partial charge in [-0.15, -0.1) is 0 Å². The molecule has 2 rings (SSSR count). The van der Waals surface area contributed by atoms with Crippen LogP contribution in [0.4, 0.5) is 0 Å². The van der Waals surface area contributed by atoms with Crippen LogP contribution in [0.1, 0.15) is 16.1 Å². The van der Waals surface area contributed by atoms with Crippen LogP contribution in [-0.4, -0.2) is 21.2 Å². The molecule has 0 atom stereocenters. The van der Waals surface area contributed by atoms with Gasteiger partial charge in [-0.25, -0.2) is 9.78 Å². The highest BCUT2D eigenvalue weighted by Gasteiger charge is 2.22. The maximum Gasteiger partial charge on any atom is 0.341 e. The maximum atomic E-state index is 11.1. The Morgan fingerprint density at radius 2 is 2.31 bits per heavy atom. The van der Waals surface area contributed by atoms with Crippen molar-refractivity contribution in [3.05, 3.63) is 34.3 Å². The smallest absolute Gasteiger partial charge is 0.341 e.